The first-order chi connectivity index (χ1) is 18.1. The van der Waals surface area contributed by atoms with Crippen molar-refractivity contribution in [2.24, 2.45) is 0 Å². The minimum Gasteiger partial charge on any atom is -0.467 e. The third kappa shape index (κ3) is 7.36. The number of nitrogens with one attached hydrogen (secondary N) is 3. The van der Waals surface area contributed by atoms with Gasteiger partial charge in [0.25, 0.3) is 0 Å². The number of carbonyl (C=O) groups is 1. The van der Waals surface area contributed by atoms with Crippen molar-refractivity contribution in [2.75, 3.05) is 51.0 Å². The van der Waals surface area contributed by atoms with Gasteiger partial charge in [-0.25, -0.2) is 4.79 Å². The van der Waals surface area contributed by atoms with Gasteiger partial charge in [0, 0.05) is 44.8 Å². The summed E-state index contributed by atoms with van der Waals surface area (Å²) in [5, 5.41) is 18.6. The van der Waals surface area contributed by atoms with Crippen LogP contribution in [0.5, 0.6) is 6.01 Å². The first kappa shape index (κ1) is 25.8. The van der Waals surface area contributed by atoms with E-state index in [1.165, 1.54) is 19.8 Å². The van der Waals surface area contributed by atoms with Crippen molar-refractivity contribution in [3.05, 3.63) is 65.2 Å². The highest BCUT2D eigenvalue weighted by molar-refractivity contribution is 5.79. The number of esters is 1. The van der Waals surface area contributed by atoms with E-state index in [1.807, 2.05) is 12.1 Å². The number of nitrogens with zero attached hydrogens (tertiary/aromatic N) is 5. The summed E-state index contributed by atoms with van der Waals surface area (Å²) in [6.07, 6.45) is 0.309. The lowest BCUT2D eigenvalue weighted by Gasteiger charge is -2.27. The normalized spacial score (nSPS) is 14.3. The lowest BCUT2D eigenvalue weighted by Crippen LogP contribution is -2.42. The third-order valence-electron chi connectivity index (χ3n) is 5.91. The summed E-state index contributed by atoms with van der Waals surface area (Å²) in [6.45, 7) is 4.88. The van der Waals surface area contributed by atoms with E-state index in [0.29, 0.717) is 12.0 Å². The second-order valence-electron chi connectivity index (χ2n) is 8.55. The number of aromatic nitrogens is 3. The molecule has 1 fully saturated rings. The fourth-order valence-electron chi connectivity index (χ4n) is 4.01. The predicted molar refractivity (Wildman–Crippen MR) is 139 cm³/mol. The number of benzene rings is 2. The van der Waals surface area contributed by atoms with Gasteiger partial charge in [-0.15, -0.1) is 0 Å². The molecule has 0 spiro atoms. The SMILES string of the molecule is COC(=O)[C@H](Cc1ccc(C#N)cc1)Nc1nc(Nc2cccc(CN3CCNCC3)c2)nc(OC)n1. The lowest BCUT2D eigenvalue weighted by molar-refractivity contribution is -0.141. The quantitative estimate of drug-likeness (QED) is 0.351. The Hall–Kier alpha value is -4.27. The van der Waals surface area contributed by atoms with Crippen LogP contribution in [0.1, 0.15) is 16.7 Å². The van der Waals surface area contributed by atoms with E-state index in [0.717, 1.165) is 44.0 Å². The van der Waals surface area contributed by atoms with Gasteiger partial charge in [0.15, 0.2) is 0 Å². The summed E-state index contributed by atoms with van der Waals surface area (Å²) >= 11 is 0. The summed E-state index contributed by atoms with van der Waals surface area (Å²) in [5.74, 6) is -0.0371. The van der Waals surface area contributed by atoms with Crippen LogP contribution in [0.2, 0.25) is 0 Å². The molecule has 37 heavy (non-hydrogen) atoms. The van der Waals surface area contributed by atoms with Gasteiger partial charge in [0.2, 0.25) is 11.9 Å². The van der Waals surface area contributed by atoms with Crippen molar-refractivity contribution in [3.8, 4) is 12.1 Å². The van der Waals surface area contributed by atoms with Crippen molar-refractivity contribution in [2.45, 2.75) is 19.0 Å². The number of piperazine rings is 1. The summed E-state index contributed by atoms with van der Waals surface area (Å²) < 4.78 is 10.2. The number of anilines is 3. The van der Waals surface area contributed by atoms with Gasteiger partial charge in [-0.3, -0.25) is 4.90 Å². The highest BCUT2D eigenvalue weighted by atomic mass is 16.5. The lowest BCUT2D eigenvalue weighted by atomic mass is 10.0. The van der Waals surface area contributed by atoms with Gasteiger partial charge in [0.05, 0.1) is 25.9 Å². The van der Waals surface area contributed by atoms with E-state index < -0.39 is 12.0 Å². The molecule has 1 aromatic heterocycles. The van der Waals surface area contributed by atoms with Crippen LogP contribution in [0.25, 0.3) is 0 Å². The maximum atomic E-state index is 12.5. The van der Waals surface area contributed by atoms with E-state index in [-0.39, 0.29) is 17.9 Å². The molecule has 11 nitrogen and oxygen atoms in total. The first-order valence-electron chi connectivity index (χ1n) is 12.0. The fraction of sp³-hybridized carbons (Fsp3) is 0.346. The molecule has 1 aliphatic rings. The van der Waals surface area contributed by atoms with Crippen molar-refractivity contribution >= 4 is 23.6 Å². The van der Waals surface area contributed by atoms with Crippen molar-refractivity contribution in [1.82, 2.24) is 25.2 Å². The van der Waals surface area contributed by atoms with Gasteiger partial charge >= 0.3 is 12.0 Å². The molecule has 0 aliphatic carbocycles. The van der Waals surface area contributed by atoms with Crippen molar-refractivity contribution in [1.29, 1.82) is 5.26 Å². The van der Waals surface area contributed by atoms with Gasteiger partial charge in [-0.1, -0.05) is 24.3 Å². The van der Waals surface area contributed by atoms with E-state index in [4.69, 9.17) is 14.7 Å². The molecule has 2 aromatic carbocycles. The predicted octanol–water partition coefficient (Wildman–Crippen LogP) is 2.10. The number of carbonyl (C=O) groups excluding carboxylic acids is 1. The Morgan fingerprint density at radius 3 is 2.54 bits per heavy atom. The van der Waals surface area contributed by atoms with E-state index in [1.54, 1.807) is 24.3 Å². The molecule has 2 heterocycles. The largest absolute Gasteiger partial charge is 0.467 e. The van der Waals surface area contributed by atoms with E-state index >= 15 is 0 Å². The number of methoxy groups -OCH3 is 2. The molecule has 192 valence electrons. The Morgan fingerprint density at radius 2 is 1.84 bits per heavy atom. The average Bonchev–Trinajstić information content (AvgIpc) is 2.93. The standard InChI is InChI=1S/C26H30N8O3/c1-36-23(35)22(15-18-6-8-19(16-27)9-7-18)30-25-31-24(32-26(33-25)37-2)29-21-5-3-4-20(14-21)17-34-12-10-28-11-13-34/h3-9,14,22,28H,10-13,15,17H2,1-2H3,(H2,29,30,31,32,33)/t22-/m0/s1. The molecule has 11 heteroatoms. The zero-order chi connectivity index (χ0) is 26.0. The molecular formula is C26H30N8O3. The molecule has 1 aliphatic heterocycles. The van der Waals surface area contributed by atoms with E-state index in [2.05, 4.69) is 54.0 Å². The van der Waals surface area contributed by atoms with Crippen LogP contribution in [0.3, 0.4) is 0 Å². The van der Waals surface area contributed by atoms with Crippen LogP contribution >= 0.6 is 0 Å². The molecule has 1 atom stereocenters. The fourth-order valence-corrected chi connectivity index (χ4v) is 4.01. The van der Waals surface area contributed by atoms with Gasteiger partial charge in [0.1, 0.15) is 6.04 Å². The first-order valence-corrected chi connectivity index (χ1v) is 12.0. The average molecular weight is 503 g/mol. The van der Waals surface area contributed by atoms with Crippen LogP contribution in [0, 0.1) is 11.3 Å². The number of nitriles is 1. The summed E-state index contributed by atoms with van der Waals surface area (Å²) in [4.78, 5) is 27.9. The van der Waals surface area contributed by atoms with E-state index in [9.17, 15) is 4.79 Å². The van der Waals surface area contributed by atoms with Gasteiger partial charge in [-0.05, 0) is 35.4 Å². The van der Waals surface area contributed by atoms with Crippen LogP contribution in [-0.4, -0.2) is 72.3 Å². The summed E-state index contributed by atoms with van der Waals surface area (Å²) in [5.41, 5.74) is 3.40. The van der Waals surface area contributed by atoms with Crippen LogP contribution in [-0.2, 0) is 22.5 Å². The number of hydrogen-bond acceptors (Lipinski definition) is 11. The molecule has 1 saturated heterocycles. The highest BCUT2D eigenvalue weighted by Gasteiger charge is 2.22. The Kier molecular flexibility index (Phi) is 8.80. The molecule has 3 aromatic rings. The summed E-state index contributed by atoms with van der Waals surface area (Å²) in [6, 6.07) is 16.5. The highest BCUT2D eigenvalue weighted by Crippen LogP contribution is 2.20. The minimum absolute atomic E-state index is 0.0963. The number of hydrogen-bond donors (Lipinski definition) is 3. The molecule has 3 N–H and O–H groups in total. The molecule has 0 radical (unpaired) electrons. The maximum Gasteiger partial charge on any atom is 0.328 e. The summed E-state index contributed by atoms with van der Waals surface area (Å²) in [7, 11) is 2.79. The van der Waals surface area contributed by atoms with Gasteiger partial charge in [-0.2, -0.15) is 20.2 Å². The second kappa shape index (κ2) is 12.6. The van der Waals surface area contributed by atoms with Crippen molar-refractivity contribution < 1.29 is 14.3 Å². The van der Waals surface area contributed by atoms with Crippen LogP contribution < -0.4 is 20.7 Å². The molecule has 0 unspecified atom stereocenters. The maximum absolute atomic E-state index is 12.5. The Labute approximate surface area is 215 Å². The topological polar surface area (TPSA) is 137 Å². The molecule has 0 bridgehead atoms. The zero-order valence-corrected chi connectivity index (χ0v) is 20.9. The molecule has 0 saturated carbocycles. The monoisotopic (exact) mass is 502 g/mol. The molecule has 4 rings (SSSR count). The smallest absolute Gasteiger partial charge is 0.328 e. The second-order valence-corrected chi connectivity index (χ2v) is 8.55. The molecular weight excluding hydrogens is 472 g/mol. The van der Waals surface area contributed by atoms with Crippen LogP contribution in [0.15, 0.2) is 48.5 Å². The van der Waals surface area contributed by atoms with Crippen molar-refractivity contribution in [3.63, 3.8) is 0 Å². The number of rotatable bonds is 10. The number of ether oxygens (including phenoxy) is 2. The van der Waals surface area contributed by atoms with Crippen LogP contribution in [0.4, 0.5) is 17.6 Å². The zero-order valence-electron chi connectivity index (χ0n) is 20.9. The Morgan fingerprint density at radius 1 is 1.08 bits per heavy atom. The Balaban J connectivity index is 1.50. The van der Waals surface area contributed by atoms with Gasteiger partial charge < -0.3 is 25.4 Å². The third-order valence-corrected chi connectivity index (χ3v) is 5.91. The minimum atomic E-state index is -0.764. The Bertz CT molecular complexity index is 1240. The molecule has 0 amide bonds.